The van der Waals surface area contributed by atoms with E-state index in [1.54, 1.807) is 0 Å². The monoisotopic (exact) mass is 324 g/mol. The molecule has 0 heterocycles. The highest BCUT2D eigenvalue weighted by Crippen LogP contribution is 2.23. The maximum Gasteiger partial charge on any atom is 0.537 e. The van der Waals surface area contributed by atoms with Crippen molar-refractivity contribution in [2.45, 2.75) is 60.3 Å². The van der Waals surface area contributed by atoms with Gasteiger partial charge in [-0.1, -0.05) is 45.9 Å². The Hall–Kier alpha value is -0.683. The van der Waals surface area contributed by atoms with Gasteiger partial charge in [0.2, 0.25) is 0 Å². The average molecular weight is 325 g/mol. The Morgan fingerprint density at radius 2 is 1.09 bits per heavy atom. The molecule has 0 aliphatic heterocycles. The molecule has 0 saturated heterocycles. The molecule has 0 fully saturated rings. The largest absolute Gasteiger partial charge is 0.537 e. The zero-order valence-electron chi connectivity index (χ0n) is 15.2. The maximum atomic E-state index is 6.06. The third kappa shape index (κ3) is 4.65. The van der Waals surface area contributed by atoms with E-state index in [1.807, 2.05) is 20.8 Å². The summed E-state index contributed by atoms with van der Waals surface area (Å²) >= 11 is 0. The molecule has 0 atom stereocenters. The van der Waals surface area contributed by atoms with Crippen LogP contribution in [0.3, 0.4) is 0 Å². The molecule has 0 saturated carbocycles. The molecule has 0 aliphatic rings. The normalized spacial score (nSPS) is 12.4. The third-order valence-corrected chi connectivity index (χ3v) is 6.67. The molecule has 1 aromatic carbocycles. The quantitative estimate of drug-likeness (QED) is 0.638. The number of hydrogen-bond acceptors (Lipinski definition) is 3. The Bertz CT molecular complexity index is 414. The molecule has 0 radical (unpaired) electrons. The van der Waals surface area contributed by atoms with Gasteiger partial charge in [0, 0.05) is 25.0 Å². The minimum Gasteiger partial charge on any atom is -0.370 e. The lowest BCUT2D eigenvalue weighted by molar-refractivity contribution is 0.0859. The summed E-state index contributed by atoms with van der Waals surface area (Å²) in [6.07, 6.45) is 0. The van der Waals surface area contributed by atoms with E-state index >= 15 is 0 Å². The van der Waals surface area contributed by atoms with Gasteiger partial charge in [-0.25, -0.2) is 0 Å². The lowest BCUT2D eigenvalue weighted by Gasteiger charge is -2.30. The van der Waals surface area contributed by atoms with Gasteiger partial charge in [0.05, 0.1) is 0 Å². The van der Waals surface area contributed by atoms with E-state index in [4.69, 9.17) is 13.3 Å². The number of benzene rings is 1. The van der Waals surface area contributed by atoms with E-state index in [-0.39, 0.29) is 0 Å². The van der Waals surface area contributed by atoms with Crippen molar-refractivity contribution >= 4 is 14.0 Å². The van der Waals surface area contributed by atoms with Crippen LogP contribution in [-0.2, 0) is 13.3 Å². The second kappa shape index (κ2) is 8.82. The zero-order chi connectivity index (χ0) is 16.8. The molecular formula is C18H32O3Si. The van der Waals surface area contributed by atoms with Crippen molar-refractivity contribution in [3.8, 4) is 0 Å². The number of hydrogen-bond donors (Lipinski definition) is 0. The lowest BCUT2D eigenvalue weighted by atomic mass is 9.96. The van der Waals surface area contributed by atoms with Crippen molar-refractivity contribution in [2.75, 3.05) is 19.8 Å². The van der Waals surface area contributed by atoms with Gasteiger partial charge in [-0.2, -0.15) is 0 Å². The van der Waals surface area contributed by atoms with E-state index in [2.05, 4.69) is 45.9 Å². The molecule has 0 amide bonds. The van der Waals surface area contributed by atoms with E-state index in [0.717, 1.165) is 5.19 Å². The van der Waals surface area contributed by atoms with Crippen LogP contribution in [0.4, 0.5) is 0 Å². The first-order chi connectivity index (χ1) is 10.4. The molecule has 0 aliphatic carbocycles. The van der Waals surface area contributed by atoms with Crippen LogP contribution in [0.25, 0.3) is 0 Å². The highest BCUT2D eigenvalue weighted by Gasteiger charge is 2.43. The molecule has 0 bridgehead atoms. The molecule has 3 nitrogen and oxygen atoms in total. The Morgan fingerprint density at radius 3 is 1.36 bits per heavy atom. The Kier molecular flexibility index (Phi) is 7.76. The van der Waals surface area contributed by atoms with Crippen molar-refractivity contribution in [2.24, 2.45) is 0 Å². The van der Waals surface area contributed by atoms with Crippen LogP contribution >= 0.6 is 0 Å². The van der Waals surface area contributed by atoms with Gasteiger partial charge in [0.15, 0.2) is 0 Å². The lowest BCUT2D eigenvalue weighted by Crippen LogP contribution is -2.57. The molecule has 22 heavy (non-hydrogen) atoms. The smallest absolute Gasteiger partial charge is 0.370 e. The predicted molar refractivity (Wildman–Crippen MR) is 94.9 cm³/mol. The highest BCUT2D eigenvalue weighted by molar-refractivity contribution is 6.75. The van der Waals surface area contributed by atoms with Crippen LogP contribution < -0.4 is 5.19 Å². The fourth-order valence-electron chi connectivity index (χ4n) is 2.47. The summed E-state index contributed by atoms with van der Waals surface area (Å²) in [5.41, 5.74) is 2.63. The molecule has 0 spiro atoms. The van der Waals surface area contributed by atoms with Crippen LogP contribution in [0.2, 0.25) is 0 Å². The van der Waals surface area contributed by atoms with Gasteiger partial charge < -0.3 is 13.3 Å². The summed E-state index contributed by atoms with van der Waals surface area (Å²) in [4.78, 5) is 0. The summed E-state index contributed by atoms with van der Waals surface area (Å²) in [5.74, 6) is 0.933. The summed E-state index contributed by atoms with van der Waals surface area (Å²) in [6.45, 7) is 16.6. The first kappa shape index (κ1) is 19.4. The fourth-order valence-corrected chi connectivity index (χ4v) is 5.04. The minimum atomic E-state index is -2.83. The minimum absolute atomic E-state index is 0.467. The van der Waals surface area contributed by atoms with Gasteiger partial charge in [0.25, 0.3) is 0 Å². The predicted octanol–water partition coefficient (Wildman–Crippen LogP) is 4.19. The van der Waals surface area contributed by atoms with Crippen molar-refractivity contribution in [1.29, 1.82) is 0 Å². The maximum absolute atomic E-state index is 6.06. The van der Waals surface area contributed by atoms with Gasteiger partial charge in [0.1, 0.15) is 0 Å². The van der Waals surface area contributed by atoms with Crippen LogP contribution in [0.1, 0.15) is 71.4 Å². The van der Waals surface area contributed by atoms with Crippen LogP contribution in [-0.4, -0.2) is 28.6 Å². The van der Waals surface area contributed by atoms with E-state index < -0.39 is 8.80 Å². The number of rotatable bonds is 9. The van der Waals surface area contributed by atoms with E-state index in [0.29, 0.717) is 31.7 Å². The third-order valence-electron chi connectivity index (χ3n) is 3.67. The van der Waals surface area contributed by atoms with Crippen molar-refractivity contribution in [3.05, 3.63) is 29.3 Å². The van der Waals surface area contributed by atoms with Gasteiger partial charge in [-0.15, -0.1) is 0 Å². The van der Waals surface area contributed by atoms with Crippen molar-refractivity contribution < 1.29 is 13.3 Å². The first-order valence-electron chi connectivity index (χ1n) is 8.47. The topological polar surface area (TPSA) is 27.7 Å². The van der Waals surface area contributed by atoms with Gasteiger partial charge in [-0.05, 0) is 43.7 Å². The molecule has 1 aromatic rings. The summed E-state index contributed by atoms with van der Waals surface area (Å²) in [7, 11) is -2.83. The van der Waals surface area contributed by atoms with Crippen molar-refractivity contribution in [1.82, 2.24) is 0 Å². The molecule has 1 rings (SSSR count). The van der Waals surface area contributed by atoms with Crippen LogP contribution in [0.15, 0.2) is 18.2 Å². The molecule has 0 unspecified atom stereocenters. The highest BCUT2D eigenvalue weighted by atomic mass is 28.4. The van der Waals surface area contributed by atoms with Gasteiger partial charge >= 0.3 is 8.80 Å². The van der Waals surface area contributed by atoms with E-state index in [1.165, 1.54) is 11.1 Å². The van der Waals surface area contributed by atoms with Crippen LogP contribution in [0.5, 0.6) is 0 Å². The van der Waals surface area contributed by atoms with Crippen molar-refractivity contribution in [3.63, 3.8) is 0 Å². The van der Waals surface area contributed by atoms with Crippen LogP contribution in [0, 0.1) is 0 Å². The average Bonchev–Trinajstić information content (AvgIpc) is 2.47. The Labute approximate surface area is 137 Å². The first-order valence-corrected chi connectivity index (χ1v) is 10.2. The fraction of sp³-hybridized carbons (Fsp3) is 0.667. The Balaban J connectivity index is 3.44. The second-order valence-electron chi connectivity index (χ2n) is 6.05. The second-order valence-corrected chi connectivity index (χ2v) is 8.61. The SMILES string of the molecule is CCO[Si](OCC)(OCC)c1cc(C(C)C)cc(C(C)C)c1. The Morgan fingerprint density at radius 1 is 0.727 bits per heavy atom. The molecule has 126 valence electrons. The summed E-state index contributed by atoms with van der Waals surface area (Å²) in [5, 5.41) is 1.09. The van der Waals surface area contributed by atoms with Gasteiger partial charge in [-0.3, -0.25) is 0 Å². The molecule has 4 heteroatoms. The summed E-state index contributed by atoms with van der Waals surface area (Å²) < 4.78 is 18.2. The van der Waals surface area contributed by atoms with E-state index in [9.17, 15) is 0 Å². The summed E-state index contributed by atoms with van der Waals surface area (Å²) in [6, 6.07) is 6.72. The standard InChI is InChI=1S/C18H32O3Si/c1-8-19-22(20-9-2,21-10-3)18-12-16(14(4)5)11-17(13-18)15(6)7/h11-15H,8-10H2,1-7H3. The molecular weight excluding hydrogens is 292 g/mol. The molecule has 0 N–H and O–H groups in total. The molecule has 0 aromatic heterocycles. The zero-order valence-corrected chi connectivity index (χ0v) is 16.2.